The molecule has 6 nitrogen and oxygen atoms in total. The van der Waals surface area contributed by atoms with Crippen LogP contribution in [0, 0.1) is 0 Å². The molecule has 0 spiro atoms. The van der Waals surface area contributed by atoms with Crippen LogP contribution >= 0.6 is 0 Å². The van der Waals surface area contributed by atoms with E-state index in [1.54, 1.807) is 29.0 Å². The second-order valence-electron chi connectivity index (χ2n) is 6.94. The summed E-state index contributed by atoms with van der Waals surface area (Å²) in [5.74, 6) is 1.61. The Morgan fingerprint density at radius 1 is 1.18 bits per heavy atom. The van der Waals surface area contributed by atoms with E-state index in [4.69, 9.17) is 4.74 Å². The molecule has 1 aromatic carbocycles. The number of carbonyl (C=O) groups is 1. The summed E-state index contributed by atoms with van der Waals surface area (Å²) < 4.78 is 7.22. The molecule has 2 heterocycles. The number of amides is 1. The molecule has 0 unspecified atom stereocenters. The lowest BCUT2D eigenvalue weighted by atomic mass is 10.0. The van der Waals surface area contributed by atoms with Gasteiger partial charge in [-0.15, -0.1) is 0 Å². The first-order valence-corrected chi connectivity index (χ1v) is 9.47. The Bertz CT molecular complexity index is 917. The second kappa shape index (κ2) is 8.69. The fourth-order valence-electron chi connectivity index (χ4n) is 3.15. The monoisotopic (exact) mass is 378 g/mol. The van der Waals surface area contributed by atoms with Gasteiger partial charge in [0, 0.05) is 19.8 Å². The maximum Gasteiger partial charge on any atom is 0.257 e. The summed E-state index contributed by atoms with van der Waals surface area (Å²) in [5.41, 5.74) is 2.51. The zero-order valence-electron chi connectivity index (χ0n) is 16.8. The highest BCUT2D eigenvalue weighted by atomic mass is 16.5. The van der Waals surface area contributed by atoms with Crippen LogP contribution in [0.2, 0.25) is 0 Å². The molecule has 0 fully saturated rings. The van der Waals surface area contributed by atoms with Crippen LogP contribution in [0.3, 0.4) is 0 Å². The molecule has 1 amide bonds. The molecule has 0 aliphatic rings. The third-order valence-corrected chi connectivity index (χ3v) is 4.45. The first-order chi connectivity index (χ1) is 13.5. The molecule has 0 saturated carbocycles. The lowest BCUT2D eigenvalue weighted by Gasteiger charge is -2.19. The Morgan fingerprint density at radius 3 is 2.54 bits per heavy atom. The van der Waals surface area contributed by atoms with Crippen molar-refractivity contribution < 1.29 is 9.53 Å². The summed E-state index contributed by atoms with van der Waals surface area (Å²) in [6.07, 6.45) is 3.36. The van der Waals surface area contributed by atoms with Crippen molar-refractivity contribution in [2.75, 3.05) is 13.7 Å². The quantitative estimate of drug-likeness (QED) is 0.622. The highest BCUT2D eigenvalue weighted by molar-refractivity contribution is 5.95. The minimum atomic E-state index is -0.0558. The number of nitrogens with zero attached hydrogens (tertiary/aromatic N) is 4. The van der Waals surface area contributed by atoms with E-state index >= 15 is 0 Å². The van der Waals surface area contributed by atoms with Crippen LogP contribution in [0.1, 0.15) is 48.3 Å². The summed E-state index contributed by atoms with van der Waals surface area (Å²) in [7, 11) is 1.81. The number of ether oxygens (including phenoxy) is 1. The van der Waals surface area contributed by atoms with Gasteiger partial charge in [0.25, 0.3) is 5.91 Å². The van der Waals surface area contributed by atoms with Crippen molar-refractivity contribution in [3.05, 3.63) is 71.7 Å². The van der Waals surface area contributed by atoms with E-state index in [0.717, 1.165) is 17.0 Å². The Hall–Kier alpha value is -3.15. The normalized spacial score (nSPS) is 10.9. The molecule has 0 N–H and O–H groups in total. The molecule has 0 aliphatic carbocycles. The van der Waals surface area contributed by atoms with Gasteiger partial charge in [0.2, 0.25) is 0 Å². The fraction of sp³-hybridized carbons (Fsp3) is 0.318. The van der Waals surface area contributed by atoms with Crippen molar-refractivity contribution in [3.8, 4) is 11.6 Å². The van der Waals surface area contributed by atoms with Crippen molar-refractivity contribution >= 4 is 5.91 Å². The molecule has 0 bridgehead atoms. The molecule has 28 heavy (non-hydrogen) atoms. The maximum absolute atomic E-state index is 13.1. The van der Waals surface area contributed by atoms with Gasteiger partial charge < -0.3 is 9.64 Å². The highest BCUT2D eigenvalue weighted by Crippen LogP contribution is 2.24. The predicted molar refractivity (Wildman–Crippen MR) is 109 cm³/mol. The molecule has 146 valence electrons. The largest absolute Gasteiger partial charge is 0.494 e. The molecule has 6 heteroatoms. The summed E-state index contributed by atoms with van der Waals surface area (Å²) in [6, 6.07) is 13.5. The number of aromatic nitrogens is 3. The Morgan fingerprint density at radius 2 is 1.93 bits per heavy atom. The molecule has 2 aromatic heterocycles. The Balaban J connectivity index is 1.82. The molecule has 0 radical (unpaired) electrons. The summed E-state index contributed by atoms with van der Waals surface area (Å²) in [4.78, 5) is 19.2. The van der Waals surface area contributed by atoms with E-state index in [2.05, 4.69) is 23.9 Å². The molecule has 0 saturated heterocycles. The van der Waals surface area contributed by atoms with Gasteiger partial charge in [-0.1, -0.05) is 32.0 Å². The third-order valence-electron chi connectivity index (χ3n) is 4.45. The van der Waals surface area contributed by atoms with Crippen LogP contribution in [0.15, 0.2) is 54.9 Å². The molecule has 3 rings (SSSR count). The van der Waals surface area contributed by atoms with Crippen molar-refractivity contribution in [2.45, 2.75) is 33.2 Å². The van der Waals surface area contributed by atoms with Crippen LogP contribution in [0.4, 0.5) is 0 Å². The van der Waals surface area contributed by atoms with Crippen molar-refractivity contribution in [3.63, 3.8) is 0 Å². The van der Waals surface area contributed by atoms with Crippen molar-refractivity contribution in [2.24, 2.45) is 0 Å². The number of hydrogen-bond donors (Lipinski definition) is 0. The minimum absolute atomic E-state index is 0.0558. The number of carbonyl (C=O) groups excluding carboxylic acids is 1. The topological polar surface area (TPSA) is 60.2 Å². The zero-order valence-corrected chi connectivity index (χ0v) is 16.8. The van der Waals surface area contributed by atoms with Crippen molar-refractivity contribution in [1.29, 1.82) is 0 Å². The molecule has 0 aliphatic heterocycles. The van der Waals surface area contributed by atoms with Crippen LogP contribution < -0.4 is 4.74 Å². The van der Waals surface area contributed by atoms with Gasteiger partial charge in [-0.25, -0.2) is 9.67 Å². The van der Waals surface area contributed by atoms with Gasteiger partial charge in [0.15, 0.2) is 5.82 Å². The van der Waals surface area contributed by atoms with Gasteiger partial charge in [0.1, 0.15) is 5.75 Å². The van der Waals surface area contributed by atoms with E-state index in [0.29, 0.717) is 24.5 Å². The Kier molecular flexibility index (Phi) is 6.09. The standard InChI is InChI=1S/C22H26N4O2/c1-5-28-18-11-9-17(10-12-18)15-25(4)22(27)19-14-24-26(21(19)16(2)3)20-8-6-7-13-23-20/h6-14,16H,5,15H2,1-4H3. The summed E-state index contributed by atoms with van der Waals surface area (Å²) in [5, 5.41) is 4.44. The Labute approximate surface area is 165 Å². The van der Waals surface area contributed by atoms with Crippen LogP contribution in [0.5, 0.6) is 5.75 Å². The van der Waals surface area contributed by atoms with E-state index in [9.17, 15) is 4.79 Å². The van der Waals surface area contributed by atoms with Crippen molar-refractivity contribution in [1.82, 2.24) is 19.7 Å². The van der Waals surface area contributed by atoms with E-state index in [1.165, 1.54) is 0 Å². The van der Waals surface area contributed by atoms with Crippen LogP contribution in [-0.2, 0) is 6.54 Å². The fourth-order valence-corrected chi connectivity index (χ4v) is 3.15. The van der Waals surface area contributed by atoms with Gasteiger partial charge in [-0.2, -0.15) is 5.10 Å². The lowest BCUT2D eigenvalue weighted by Crippen LogP contribution is -2.27. The first-order valence-electron chi connectivity index (χ1n) is 9.47. The first kappa shape index (κ1) is 19.6. The number of rotatable bonds is 7. The van der Waals surface area contributed by atoms with Crippen LogP contribution in [-0.4, -0.2) is 39.2 Å². The van der Waals surface area contributed by atoms with E-state index in [-0.39, 0.29) is 11.8 Å². The third kappa shape index (κ3) is 4.22. The van der Waals surface area contributed by atoms with Gasteiger partial charge in [-0.05, 0) is 42.7 Å². The smallest absolute Gasteiger partial charge is 0.257 e. The average Bonchev–Trinajstić information content (AvgIpc) is 3.15. The van der Waals surface area contributed by atoms with Gasteiger partial charge >= 0.3 is 0 Å². The van der Waals surface area contributed by atoms with Crippen LogP contribution in [0.25, 0.3) is 5.82 Å². The summed E-state index contributed by atoms with van der Waals surface area (Å²) >= 11 is 0. The summed E-state index contributed by atoms with van der Waals surface area (Å²) in [6.45, 7) is 7.21. The molecular formula is C22H26N4O2. The SMILES string of the molecule is CCOc1ccc(CN(C)C(=O)c2cnn(-c3ccccn3)c2C(C)C)cc1. The molecular weight excluding hydrogens is 352 g/mol. The number of pyridine rings is 1. The predicted octanol–water partition coefficient (Wildman–Crippen LogP) is 4.06. The molecule has 0 atom stereocenters. The second-order valence-corrected chi connectivity index (χ2v) is 6.94. The number of benzene rings is 1. The van der Waals surface area contributed by atoms with Gasteiger partial charge in [-0.3, -0.25) is 4.79 Å². The zero-order chi connectivity index (χ0) is 20.1. The maximum atomic E-state index is 13.1. The van der Waals surface area contributed by atoms with Gasteiger partial charge in [0.05, 0.1) is 24.1 Å². The average molecular weight is 378 g/mol. The minimum Gasteiger partial charge on any atom is -0.494 e. The van der Waals surface area contributed by atoms with E-state index in [1.807, 2.05) is 49.4 Å². The lowest BCUT2D eigenvalue weighted by molar-refractivity contribution is 0.0783. The number of hydrogen-bond acceptors (Lipinski definition) is 4. The highest BCUT2D eigenvalue weighted by Gasteiger charge is 2.23. The molecule has 3 aromatic rings. The van der Waals surface area contributed by atoms with E-state index < -0.39 is 0 Å².